The lowest BCUT2D eigenvalue weighted by atomic mass is 9.99. The van der Waals surface area contributed by atoms with Gasteiger partial charge >= 0.3 is 0 Å². The van der Waals surface area contributed by atoms with Gasteiger partial charge in [0.25, 0.3) is 5.91 Å². The zero-order valence-corrected chi connectivity index (χ0v) is 15.3. The summed E-state index contributed by atoms with van der Waals surface area (Å²) in [4.78, 5) is 33.8. The maximum Gasteiger partial charge on any atom is 0.271 e. The molecule has 27 heavy (non-hydrogen) atoms. The number of aromatic nitrogens is 4. The van der Waals surface area contributed by atoms with Crippen molar-refractivity contribution in [1.29, 1.82) is 0 Å². The van der Waals surface area contributed by atoms with E-state index >= 15 is 0 Å². The van der Waals surface area contributed by atoms with Crippen LogP contribution >= 0.6 is 0 Å². The predicted octanol–water partition coefficient (Wildman–Crippen LogP) is 2.49. The summed E-state index contributed by atoms with van der Waals surface area (Å²) in [6.45, 7) is 5.21. The van der Waals surface area contributed by atoms with Gasteiger partial charge in [-0.05, 0) is 12.0 Å². The molecule has 1 aliphatic rings. The summed E-state index contributed by atoms with van der Waals surface area (Å²) < 4.78 is 1.89. The van der Waals surface area contributed by atoms with Crippen LogP contribution in [0.3, 0.4) is 0 Å². The van der Waals surface area contributed by atoms with E-state index in [2.05, 4.69) is 23.9 Å². The van der Waals surface area contributed by atoms with E-state index in [0.717, 1.165) is 11.4 Å². The van der Waals surface area contributed by atoms with E-state index in [0.29, 0.717) is 24.6 Å². The highest BCUT2D eigenvalue weighted by Gasteiger charge is 2.36. The maximum atomic E-state index is 13.1. The molecule has 4 rings (SSSR count). The average molecular weight is 363 g/mol. The zero-order valence-electron chi connectivity index (χ0n) is 15.3. The molecule has 0 saturated carbocycles. The third-order valence-electron chi connectivity index (χ3n) is 4.78. The summed E-state index contributed by atoms with van der Waals surface area (Å²) in [5.74, 6) is 1.40. The van der Waals surface area contributed by atoms with E-state index in [1.807, 2.05) is 35.0 Å². The highest BCUT2D eigenvalue weighted by Crippen LogP contribution is 2.33. The molecule has 0 unspecified atom stereocenters. The van der Waals surface area contributed by atoms with Crippen molar-refractivity contribution in [2.24, 2.45) is 5.92 Å². The largest absolute Gasteiger partial charge is 0.325 e. The number of rotatable bonds is 3. The van der Waals surface area contributed by atoms with Gasteiger partial charge < -0.3 is 9.88 Å². The highest BCUT2D eigenvalue weighted by atomic mass is 16.2. The second kappa shape index (κ2) is 6.83. The average Bonchev–Trinajstić information content (AvgIpc) is 3.11. The SMILES string of the molecule is CC(C)[C@H]1c2nc(-c3ccccc3)nn2CCN1C(=O)c1cccc(=O)[nH]1. The number of hydrogen-bond acceptors (Lipinski definition) is 4. The maximum absolute atomic E-state index is 13.1. The first kappa shape index (κ1) is 17.2. The second-order valence-electron chi connectivity index (χ2n) is 7.00. The minimum absolute atomic E-state index is 0.149. The van der Waals surface area contributed by atoms with Gasteiger partial charge in [-0.2, -0.15) is 5.10 Å². The predicted molar refractivity (Wildman–Crippen MR) is 101 cm³/mol. The van der Waals surface area contributed by atoms with Gasteiger partial charge in [-0.25, -0.2) is 9.67 Å². The first-order valence-electron chi connectivity index (χ1n) is 9.05. The molecular formula is C20H21N5O2. The van der Waals surface area contributed by atoms with Gasteiger partial charge in [-0.15, -0.1) is 0 Å². The number of hydrogen-bond donors (Lipinski definition) is 1. The Morgan fingerprint density at radius 2 is 1.89 bits per heavy atom. The molecule has 0 fully saturated rings. The molecule has 7 nitrogen and oxygen atoms in total. The lowest BCUT2D eigenvalue weighted by molar-refractivity contribution is 0.0530. The van der Waals surface area contributed by atoms with E-state index in [4.69, 9.17) is 4.98 Å². The van der Waals surface area contributed by atoms with Crippen LogP contribution in [0.15, 0.2) is 53.3 Å². The first-order chi connectivity index (χ1) is 13.0. The van der Waals surface area contributed by atoms with Crippen LogP contribution in [0.25, 0.3) is 11.4 Å². The summed E-state index contributed by atoms with van der Waals surface area (Å²) in [6, 6.07) is 14.2. The van der Waals surface area contributed by atoms with Crippen LogP contribution in [0.1, 0.15) is 36.2 Å². The van der Waals surface area contributed by atoms with Gasteiger partial charge in [0.1, 0.15) is 5.69 Å². The van der Waals surface area contributed by atoms with Crippen molar-refractivity contribution < 1.29 is 4.79 Å². The Balaban J connectivity index is 1.72. The van der Waals surface area contributed by atoms with E-state index in [-0.39, 0.29) is 23.4 Å². The lowest BCUT2D eigenvalue weighted by Gasteiger charge is -2.37. The van der Waals surface area contributed by atoms with E-state index in [1.165, 1.54) is 6.07 Å². The zero-order chi connectivity index (χ0) is 19.0. The lowest BCUT2D eigenvalue weighted by Crippen LogP contribution is -2.45. The fraction of sp³-hybridized carbons (Fsp3) is 0.300. The Morgan fingerprint density at radius 1 is 1.11 bits per heavy atom. The summed E-state index contributed by atoms with van der Waals surface area (Å²) >= 11 is 0. The summed E-state index contributed by atoms with van der Waals surface area (Å²) in [5.41, 5.74) is 0.963. The smallest absolute Gasteiger partial charge is 0.271 e. The highest BCUT2D eigenvalue weighted by molar-refractivity contribution is 5.92. The number of amides is 1. The molecule has 0 radical (unpaired) electrons. The molecule has 0 spiro atoms. The van der Waals surface area contributed by atoms with Crippen LogP contribution in [0, 0.1) is 5.92 Å². The molecule has 3 aromatic rings. The quantitative estimate of drug-likeness (QED) is 0.775. The normalized spacial score (nSPS) is 16.4. The Hall–Kier alpha value is -3.22. The third kappa shape index (κ3) is 3.16. The number of pyridine rings is 1. The van der Waals surface area contributed by atoms with Gasteiger partial charge in [0.2, 0.25) is 5.56 Å². The number of benzene rings is 1. The molecule has 0 aliphatic carbocycles. The molecule has 1 amide bonds. The Labute approximate surface area is 156 Å². The van der Waals surface area contributed by atoms with Crippen LogP contribution in [0.2, 0.25) is 0 Å². The van der Waals surface area contributed by atoms with Gasteiger partial charge in [0, 0.05) is 18.2 Å². The Kier molecular flexibility index (Phi) is 4.35. The third-order valence-corrected chi connectivity index (χ3v) is 4.78. The van der Waals surface area contributed by atoms with Crippen molar-refractivity contribution in [2.45, 2.75) is 26.4 Å². The molecule has 1 atom stereocenters. The van der Waals surface area contributed by atoms with Gasteiger partial charge in [-0.3, -0.25) is 9.59 Å². The van der Waals surface area contributed by atoms with Gasteiger partial charge in [0.15, 0.2) is 11.6 Å². The number of fused-ring (bicyclic) bond motifs is 1. The Morgan fingerprint density at radius 3 is 2.59 bits per heavy atom. The van der Waals surface area contributed by atoms with Crippen molar-refractivity contribution in [3.63, 3.8) is 0 Å². The first-order valence-corrected chi connectivity index (χ1v) is 9.05. The molecule has 7 heteroatoms. The molecule has 3 heterocycles. The van der Waals surface area contributed by atoms with Crippen molar-refractivity contribution >= 4 is 5.91 Å². The summed E-state index contributed by atoms with van der Waals surface area (Å²) in [5, 5.41) is 4.64. The molecule has 138 valence electrons. The minimum Gasteiger partial charge on any atom is -0.325 e. The second-order valence-corrected chi connectivity index (χ2v) is 7.00. The van der Waals surface area contributed by atoms with Crippen LogP contribution in [-0.4, -0.2) is 37.1 Å². The number of nitrogens with one attached hydrogen (secondary N) is 1. The molecule has 1 N–H and O–H groups in total. The number of aromatic amines is 1. The fourth-order valence-electron chi connectivity index (χ4n) is 3.54. The number of carbonyl (C=O) groups excluding carboxylic acids is 1. The number of nitrogens with zero attached hydrogens (tertiary/aromatic N) is 4. The Bertz CT molecular complexity index is 1020. The molecule has 0 bridgehead atoms. The minimum atomic E-state index is -0.284. The fourth-order valence-corrected chi connectivity index (χ4v) is 3.54. The summed E-state index contributed by atoms with van der Waals surface area (Å²) in [7, 11) is 0. The molecule has 0 saturated heterocycles. The number of H-pyrrole nitrogens is 1. The van der Waals surface area contributed by atoms with Crippen LogP contribution in [-0.2, 0) is 6.54 Å². The number of carbonyl (C=O) groups is 1. The van der Waals surface area contributed by atoms with Gasteiger partial charge in [-0.1, -0.05) is 50.2 Å². The van der Waals surface area contributed by atoms with Crippen molar-refractivity contribution in [2.75, 3.05) is 6.54 Å². The molecule has 1 aliphatic heterocycles. The van der Waals surface area contributed by atoms with Crippen LogP contribution in [0.4, 0.5) is 0 Å². The van der Waals surface area contributed by atoms with Gasteiger partial charge in [0.05, 0.1) is 12.6 Å². The van der Waals surface area contributed by atoms with Crippen LogP contribution < -0.4 is 5.56 Å². The summed E-state index contributed by atoms with van der Waals surface area (Å²) in [6.07, 6.45) is 0. The van der Waals surface area contributed by atoms with E-state index in [1.54, 1.807) is 17.0 Å². The standard InChI is InChI=1S/C20H21N5O2/c1-13(2)17-19-22-18(14-7-4-3-5-8-14)23-25(19)12-11-24(17)20(27)15-9-6-10-16(26)21-15/h3-10,13,17H,11-12H2,1-2H3,(H,21,26)/t17-/m0/s1. The molecule has 1 aromatic carbocycles. The topological polar surface area (TPSA) is 83.9 Å². The van der Waals surface area contributed by atoms with Crippen molar-refractivity contribution in [3.05, 3.63) is 70.4 Å². The molecular weight excluding hydrogens is 342 g/mol. The molecule has 2 aromatic heterocycles. The van der Waals surface area contributed by atoms with E-state index in [9.17, 15) is 9.59 Å². The van der Waals surface area contributed by atoms with E-state index < -0.39 is 0 Å². The monoisotopic (exact) mass is 363 g/mol. The van der Waals surface area contributed by atoms with Crippen LogP contribution in [0.5, 0.6) is 0 Å². The van der Waals surface area contributed by atoms with Crippen molar-refractivity contribution in [1.82, 2.24) is 24.6 Å². The van der Waals surface area contributed by atoms with Crippen molar-refractivity contribution in [3.8, 4) is 11.4 Å².